The molecule has 0 aliphatic rings. The van der Waals surface area contributed by atoms with Crippen molar-refractivity contribution in [3.8, 4) is 11.5 Å². The molecule has 0 amide bonds. The normalized spacial score (nSPS) is 10.8. The number of aryl methyl sites for hydroxylation is 2. The van der Waals surface area contributed by atoms with Gasteiger partial charge in [0.1, 0.15) is 18.1 Å². The zero-order valence-electron chi connectivity index (χ0n) is 12.2. The van der Waals surface area contributed by atoms with E-state index in [1.807, 2.05) is 0 Å². The number of aromatic nitrogens is 2. The van der Waals surface area contributed by atoms with Gasteiger partial charge in [0.25, 0.3) is 0 Å². The Morgan fingerprint density at radius 1 is 1.23 bits per heavy atom. The quantitative estimate of drug-likeness (QED) is 0.669. The van der Waals surface area contributed by atoms with Crippen LogP contribution in [0.15, 0.2) is 37.9 Å². The summed E-state index contributed by atoms with van der Waals surface area (Å²) in [6, 6.07) is 5.18. The average Bonchev–Trinajstić information content (AvgIpc) is 3.22. The highest BCUT2D eigenvalue weighted by Crippen LogP contribution is 2.21. The molecular formula is C15H14N2O5. The summed E-state index contributed by atoms with van der Waals surface area (Å²) in [5, 5.41) is 7.63. The first-order valence-electron chi connectivity index (χ1n) is 6.70. The van der Waals surface area contributed by atoms with Crippen molar-refractivity contribution >= 4 is 5.97 Å². The van der Waals surface area contributed by atoms with Gasteiger partial charge in [0.15, 0.2) is 5.76 Å². The maximum atomic E-state index is 11.9. The van der Waals surface area contributed by atoms with Crippen LogP contribution in [-0.2, 0) is 22.6 Å². The molecule has 0 radical (unpaired) electrons. The van der Waals surface area contributed by atoms with Gasteiger partial charge in [-0.15, -0.1) is 0 Å². The highest BCUT2D eigenvalue weighted by molar-refractivity contribution is 5.73. The zero-order valence-corrected chi connectivity index (χ0v) is 12.2. The van der Waals surface area contributed by atoms with Crippen LogP contribution in [0.4, 0.5) is 0 Å². The van der Waals surface area contributed by atoms with E-state index in [4.69, 9.17) is 18.2 Å². The van der Waals surface area contributed by atoms with Crippen molar-refractivity contribution in [3.05, 3.63) is 47.2 Å². The molecule has 7 nitrogen and oxygen atoms in total. The first kappa shape index (κ1) is 14.1. The fourth-order valence-corrected chi connectivity index (χ4v) is 2.02. The number of furan rings is 1. The molecule has 3 heterocycles. The van der Waals surface area contributed by atoms with E-state index in [1.165, 1.54) is 0 Å². The summed E-state index contributed by atoms with van der Waals surface area (Å²) in [4.78, 5) is 11.9. The number of ether oxygens (including phenoxy) is 1. The molecule has 0 saturated carbocycles. The van der Waals surface area contributed by atoms with Crippen LogP contribution in [-0.4, -0.2) is 16.3 Å². The molecule has 0 N–H and O–H groups in total. The number of carbonyl (C=O) groups is 1. The highest BCUT2D eigenvalue weighted by Gasteiger charge is 2.15. The van der Waals surface area contributed by atoms with Gasteiger partial charge in [0.2, 0.25) is 5.76 Å². The number of nitrogens with zero attached hydrogens (tertiary/aromatic N) is 2. The lowest BCUT2D eigenvalue weighted by atomic mass is 10.1. The molecule has 7 heteroatoms. The first-order chi connectivity index (χ1) is 10.6. The Labute approximate surface area is 125 Å². The first-order valence-corrected chi connectivity index (χ1v) is 6.70. The molecule has 0 aliphatic heterocycles. The van der Waals surface area contributed by atoms with E-state index in [0.717, 1.165) is 5.56 Å². The third-order valence-corrected chi connectivity index (χ3v) is 3.21. The molecule has 0 bridgehead atoms. The third-order valence-electron chi connectivity index (χ3n) is 3.21. The van der Waals surface area contributed by atoms with Crippen molar-refractivity contribution < 1.29 is 23.0 Å². The SMILES string of the molecule is Cc1noc(C)c1CC(=O)OCc1cc(-c2ccco2)on1. The third kappa shape index (κ3) is 2.93. The van der Waals surface area contributed by atoms with Gasteiger partial charge in [-0.05, 0) is 26.0 Å². The Hall–Kier alpha value is -2.83. The van der Waals surface area contributed by atoms with Crippen molar-refractivity contribution in [1.29, 1.82) is 0 Å². The maximum Gasteiger partial charge on any atom is 0.310 e. The molecule has 0 atom stereocenters. The van der Waals surface area contributed by atoms with E-state index < -0.39 is 0 Å². The number of hydrogen-bond donors (Lipinski definition) is 0. The van der Waals surface area contributed by atoms with Crippen LogP contribution < -0.4 is 0 Å². The molecule has 3 aromatic heterocycles. The summed E-state index contributed by atoms with van der Waals surface area (Å²) in [6.07, 6.45) is 1.66. The fourth-order valence-electron chi connectivity index (χ4n) is 2.02. The molecule has 0 spiro atoms. The van der Waals surface area contributed by atoms with Gasteiger partial charge >= 0.3 is 5.97 Å². The van der Waals surface area contributed by atoms with E-state index >= 15 is 0 Å². The molecule has 3 rings (SSSR count). The number of hydrogen-bond acceptors (Lipinski definition) is 7. The molecular weight excluding hydrogens is 288 g/mol. The summed E-state index contributed by atoms with van der Waals surface area (Å²) in [5.74, 6) is 1.30. The van der Waals surface area contributed by atoms with Crippen molar-refractivity contribution in [3.63, 3.8) is 0 Å². The Morgan fingerprint density at radius 3 is 2.77 bits per heavy atom. The van der Waals surface area contributed by atoms with Gasteiger partial charge in [-0.3, -0.25) is 4.79 Å². The Bertz CT molecular complexity index is 750. The minimum Gasteiger partial charge on any atom is -0.461 e. The second-order valence-electron chi connectivity index (χ2n) is 4.80. The molecule has 22 heavy (non-hydrogen) atoms. The molecule has 3 aromatic rings. The highest BCUT2D eigenvalue weighted by atomic mass is 16.5. The van der Waals surface area contributed by atoms with Gasteiger partial charge in [-0.1, -0.05) is 10.3 Å². The van der Waals surface area contributed by atoms with E-state index in [2.05, 4.69) is 10.3 Å². The standard InChI is InChI=1S/C15H14N2O5/c1-9-12(10(2)21-16-9)7-15(18)20-8-11-6-14(22-17-11)13-4-3-5-19-13/h3-6H,7-8H2,1-2H3. The summed E-state index contributed by atoms with van der Waals surface area (Å²) < 4.78 is 20.5. The van der Waals surface area contributed by atoms with Gasteiger partial charge in [-0.2, -0.15) is 0 Å². The molecule has 0 aromatic carbocycles. The lowest BCUT2D eigenvalue weighted by molar-refractivity contribution is -0.144. The van der Waals surface area contributed by atoms with E-state index in [0.29, 0.717) is 28.7 Å². The second-order valence-corrected chi connectivity index (χ2v) is 4.80. The molecule has 0 unspecified atom stereocenters. The Balaban J connectivity index is 1.57. The van der Waals surface area contributed by atoms with E-state index in [9.17, 15) is 4.79 Å². The predicted molar refractivity (Wildman–Crippen MR) is 73.7 cm³/mol. The van der Waals surface area contributed by atoms with Crippen LogP contribution in [0.25, 0.3) is 11.5 Å². The van der Waals surface area contributed by atoms with Crippen LogP contribution in [0.2, 0.25) is 0 Å². The van der Waals surface area contributed by atoms with Crippen molar-refractivity contribution in [2.75, 3.05) is 0 Å². The minimum atomic E-state index is -0.378. The van der Waals surface area contributed by atoms with Gasteiger partial charge in [0, 0.05) is 11.6 Å². The lowest BCUT2D eigenvalue weighted by Crippen LogP contribution is -2.09. The smallest absolute Gasteiger partial charge is 0.310 e. The Kier molecular flexibility index (Phi) is 3.78. The topological polar surface area (TPSA) is 91.5 Å². The van der Waals surface area contributed by atoms with Crippen LogP contribution in [0.3, 0.4) is 0 Å². The lowest BCUT2D eigenvalue weighted by Gasteiger charge is -2.01. The summed E-state index contributed by atoms with van der Waals surface area (Å²) >= 11 is 0. The fraction of sp³-hybridized carbons (Fsp3) is 0.267. The number of carbonyl (C=O) groups excluding carboxylic acids is 1. The predicted octanol–water partition coefficient (Wildman–Crippen LogP) is 2.83. The van der Waals surface area contributed by atoms with Crippen LogP contribution in [0, 0.1) is 13.8 Å². The average molecular weight is 302 g/mol. The van der Waals surface area contributed by atoms with Crippen molar-refractivity contribution in [2.24, 2.45) is 0 Å². The summed E-state index contributed by atoms with van der Waals surface area (Å²) in [6.45, 7) is 3.58. The monoisotopic (exact) mass is 302 g/mol. The van der Waals surface area contributed by atoms with E-state index in [1.54, 1.807) is 38.3 Å². The molecule has 0 aliphatic carbocycles. The molecule has 0 saturated heterocycles. The van der Waals surface area contributed by atoms with Gasteiger partial charge < -0.3 is 18.2 Å². The maximum absolute atomic E-state index is 11.9. The summed E-state index contributed by atoms with van der Waals surface area (Å²) in [5.41, 5.74) is 1.95. The number of esters is 1. The largest absolute Gasteiger partial charge is 0.461 e. The summed E-state index contributed by atoms with van der Waals surface area (Å²) in [7, 11) is 0. The zero-order chi connectivity index (χ0) is 15.5. The Morgan fingerprint density at radius 2 is 2.09 bits per heavy atom. The molecule has 114 valence electrons. The molecule has 0 fully saturated rings. The number of rotatable bonds is 5. The van der Waals surface area contributed by atoms with Crippen molar-refractivity contribution in [1.82, 2.24) is 10.3 Å². The van der Waals surface area contributed by atoms with E-state index in [-0.39, 0.29) is 19.0 Å². The van der Waals surface area contributed by atoms with Gasteiger partial charge in [-0.25, -0.2) is 0 Å². The van der Waals surface area contributed by atoms with Gasteiger partial charge in [0.05, 0.1) is 18.4 Å². The van der Waals surface area contributed by atoms with Crippen LogP contribution >= 0.6 is 0 Å². The minimum absolute atomic E-state index is 0.0341. The van der Waals surface area contributed by atoms with Crippen LogP contribution in [0.1, 0.15) is 22.7 Å². The second kappa shape index (κ2) is 5.88. The van der Waals surface area contributed by atoms with Crippen molar-refractivity contribution in [2.45, 2.75) is 26.9 Å². The van der Waals surface area contributed by atoms with Crippen LogP contribution in [0.5, 0.6) is 0 Å².